The molecule has 2 aromatic rings. The van der Waals surface area contributed by atoms with Gasteiger partial charge in [-0.3, -0.25) is 9.78 Å². The molecule has 4 nitrogen and oxygen atoms in total. The summed E-state index contributed by atoms with van der Waals surface area (Å²) < 4.78 is 39.5. The Bertz CT molecular complexity index is 765. The predicted octanol–water partition coefficient (Wildman–Crippen LogP) is 3.49. The Labute approximate surface area is 156 Å². The lowest BCUT2D eigenvalue weighted by atomic mass is 10.1. The first-order valence-corrected chi connectivity index (χ1v) is 9.02. The van der Waals surface area contributed by atoms with E-state index in [2.05, 4.69) is 22.0 Å². The van der Waals surface area contributed by atoms with Gasteiger partial charge in [0.15, 0.2) is 0 Å². The minimum absolute atomic E-state index is 0.372. The van der Waals surface area contributed by atoms with Crippen LogP contribution in [0.1, 0.15) is 27.9 Å². The fraction of sp³-hybridized carbons (Fsp3) is 0.400. The number of nitrogens with zero attached hydrogens (tertiary/aromatic N) is 3. The maximum absolute atomic E-state index is 13.2. The Balaban J connectivity index is 1.62. The van der Waals surface area contributed by atoms with Crippen LogP contribution in [0.15, 0.2) is 48.8 Å². The van der Waals surface area contributed by atoms with E-state index in [0.717, 1.165) is 44.4 Å². The van der Waals surface area contributed by atoms with Gasteiger partial charge in [-0.25, -0.2) is 0 Å². The lowest BCUT2D eigenvalue weighted by Gasteiger charge is -2.23. The van der Waals surface area contributed by atoms with E-state index in [4.69, 9.17) is 0 Å². The molecule has 0 aliphatic carbocycles. The van der Waals surface area contributed by atoms with Crippen molar-refractivity contribution in [3.8, 4) is 0 Å². The van der Waals surface area contributed by atoms with Crippen molar-refractivity contribution in [2.75, 3.05) is 32.7 Å². The molecule has 0 saturated carbocycles. The first-order valence-electron chi connectivity index (χ1n) is 9.02. The smallest absolute Gasteiger partial charge is 0.337 e. The van der Waals surface area contributed by atoms with Crippen LogP contribution in [0.3, 0.4) is 0 Å². The average Bonchev–Trinajstić information content (AvgIpc) is 2.92. The van der Waals surface area contributed by atoms with Crippen molar-refractivity contribution in [3.05, 3.63) is 65.5 Å². The molecule has 144 valence electrons. The van der Waals surface area contributed by atoms with Gasteiger partial charge in [-0.15, -0.1) is 0 Å². The molecule has 1 fully saturated rings. The Morgan fingerprint density at radius 3 is 2.56 bits per heavy atom. The van der Waals surface area contributed by atoms with Crippen LogP contribution in [0.2, 0.25) is 0 Å². The van der Waals surface area contributed by atoms with Crippen molar-refractivity contribution in [3.63, 3.8) is 0 Å². The van der Waals surface area contributed by atoms with Gasteiger partial charge in [0, 0.05) is 38.6 Å². The molecule has 3 rings (SSSR count). The van der Waals surface area contributed by atoms with Crippen molar-refractivity contribution in [1.82, 2.24) is 14.8 Å². The Morgan fingerprint density at radius 1 is 1.04 bits per heavy atom. The summed E-state index contributed by atoms with van der Waals surface area (Å²) in [6.07, 6.45) is -0.837. The van der Waals surface area contributed by atoms with Crippen molar-refractivity contribution < 1.29 is 18.0 Å². The van der Waals surface area contributed by atoms with Gasteiger partial charge < -0.3 is 9.80 Å². The standard InChI is InChI=1S/C20H22F3N3O/c21-20(22,23)18-7-9-24-15-17(18)19(27)26-11-4-10-25(13-14-26)12-8-16-5-2-1-3-6-16/h1-3,5-7,9,15H,4,8,10-14H2. The molecule has 7 heteroatoms. The minimum atomic E-state index is -4.57. The van der Waals surface area contributed by atoms with Crippen molar-refractivity contribution in [1.29, 1.82) is 0 Å². The van der Waals surface area contributed by atoms with E-state index in [1.54, 1.807) is 0 Å². The zero-order valence-electron chi connectivity index (χ0n) is 15.0. The van der Waals surface area contributed by atoms with Crippen molar-refractivity contribution in [2.24, 2.45) is 0 Å². The number of carbonyl (C=O) groups is 1. The summed E-state index contributed by atoms with van der Waals surface area (Å²) in [6.45, 7) is 3.22. The van der Waals surface area contributed by atoms with E-state index >= 15 is 0 Å². The largest absolute Gasteiger partial charge is 0.417 e. The van der Waals surface area contributed by atoms with Crippen LogP contribution in [0.5, 0.6) is 0 Å². The SMILES string of the molecule is O=C(c1cnccc1C(F)(F)F)N1CCCN(CCc2ccccc2)CC1. The van der Waals surface area contributed by atoms with Gasteiger partial charge in [0.05, 0.1) is 11.1 Å². The number of carbonyl (C=O) groups excluding carboxylic acids is 1. The number of halogens is 3. The van der Waals surface area contributed by atoms with Crippen LogP contribution in [-0.4, -0.2) is 53.4 Å². The predicted molar refractivity (Wildman–Crippen MR) is 96.3 cm³/mol. The third-order valence-electron chi connectivity index (χ3n) is 4.79. The molecule has 0 atom stereocenters. The van der Waals surface area contributed by atoms with Crippen molar-refractivity contribution >= 4 is 5.91 Å². The average molecular weight is 377 g/mol. The normalized spacial score (nSPS) is 16.2. The number of aromatic nitrogens is 1. The molecule has 0 N–H and O–H groups in total. The van der Waals surface area contributed by atoms with Crippen LogP contribution in [0.4, 0.5) is 13.2 Å². The third kappa shape index (κ3) is 5.07. The van der Waals surface area contributed by atoms with Gasteiger partial charge in [-0.05, 0) is 31.0 Å². The maximum atomic E-state index is 13.2. The van der Waals surface area contributed by atoms with E-state index < -0.39 is 17.6 Å². The highest BCUT2D eigenvalue weighted by Gasteiger charge is 2.36. The lowest BCUT2D eigenvalue weighted by Crippen LogP contribution is -2.36. The summed E-state index contributed by atoms with van der Waals surface area (Å²) in [5.74, 6) is -0.597. The van der Waals surface area contributed by atoms with E-state index in [9.17, 15) is 18.0 Å². The van der Waals surface area contributed by atoms with Gasteiger partial charge in [0.25, 0.3) is 5.91 Å². The summed E-state index contributed by atoms with van der Waals surface area (Å²) in [4.78, 5) is 20.2. The second-order valence-corrected chi connectivity index (χ2v) is 6.64. The molecule has 0 spiro atoms. The summed E-state index contributed by atoms with van der Waals surface area (Å²) in [7, 11) is 0. The number of amides is 1. The molecule has 1 aromatic carbocycles. The molecule has 1 amide bonds. The number of hydrogen-bond acceptors (Lipinski definition) is 3. The zero-order chi connectivity index (χ0) is 19.3. The number of hydrogen-bond donors (Lipinski definition) is 0. The van der Waals surface area contributed by atoms with Crippen LogP contribution < -0.4 is 0 Å². The highest BCUT2D eigenvalue weighted by molar-refractivity contribution is 5.95. The molecule has 2 heterocycles. The zero-order valence-corrected chi connectivity index (χ0v) is 15.0. The topological polar surface area (TPSA) is 36.4 Å². The molecule has 1 aliphatic heterocycles. The van der Waals surface area contributed by atoms with Crippen LogP contribution in [0.25, 0.3) is 0 Å². The van der Waals surface area contributed by atoms with Gasteiger partial charge in [0.1, 0.15) is 0 Å². The molecule has 0 radical (unpaired) electrons. The van der Waals surface area contributed by atoms with Crippen LogP contribution in [-0.2, 0) is 12.6 Å². The van der Waals surface area contributed by atoms with Gasteiger partial charge in [-0.1, -0.05) is 30.3 Å². The van der Waals surface area contributed by atoms with E-state index in [-0.39, 0.29) is 5.56 Å². The number of pyridine rings is 1. The minimum Gasteiger partial charge on any atom is -0.337 e. The van der Waals surface area contributed by atoms with Gasteiger partial charge in [-0.2, -0.15) is 13.2 Å². The van der Waals surface area contributed by atoms with Crippen LogP contribution in [0, 0.1) is 0 Å². The van der Waals surface area contributed by atoms with Gasteiger partial charge in [0.2, 0.25) is 0 Å². The quantitative estimate of drug-likeness (QED) is 0.818. The van der Waals surface area contributed by atoms with Gasteiger partial charge >= 0.3 is 6.18 Å². The highest BCUT2D eigenvalue weighted by atomic mass is 19.4. The van der Waals surface area contributed by atoms with E-state index in [1.807, 2.05) is 18.2 Å². The third-order valence-corrected chi connectivity index (χ3v) is 4.79. The summed E-state index contributed by atoms with van der Waals surface area (Å²) in [5, 5.41) is 0. The molecule has 1 aromatic heterocycles. The molecular weight excluding hydrogens is 355 g/mol. The molecule has 1 saturated heterocycles. The summed E-state index contributed by atoms with van der Waals surface area (Å²) >= 11 is 0. The monoisotopic (exact) mass is 377 g/mol. The number of benzene rings is 1. The number of rotatable bonds is 4. The second-order valence-electron chi connectivity index (χ2n) is 6.64. The Morgan fingerprint density at radius 2 is 1.81 bits per heavy atom. The number of alkyl halides is 3. The Kier molecular flexibility index (Phi) is 6.11. The molecular formula is C20H22F3N3O. The molecule has 0 bridgehead atoms. The summed E-state index contributed by atoms with van der Waals surface area (Å²) in [6, 6.07) is 11.0. The van der Waals surface area contributed by atoms with E-state index in [0.29, 0.717) is 19.6 Å². The first kappa shape index (κ1) is 19.4. The lowest BCUT2D eigenvalue weighted by molar-refractivity contribution is -0.138. The molecule has 27 heavy (non-hydrogen) atoms. The van der Waals surface area contributed by atoms with Crippen molar-refractivity contribution in [2.45, 2.75) is 19.0 Å². The molecule has 0 unspecified atom stereocenters. The van der Waals surface area contributed by atoms with E-state index in [1.165, 1.54) is 10.5 Å². The Hall–Kier alpha value is -2.41. The second kappa shape index (κ2) is 8.52. The maximum Gasteiger partial charge on any atom is 0.417 e. The fourth-order valence-corrected chi connectivity index (χ4v) is 3.31. The highest BCUT2D eigenvalue weighted by Crippen LogP contribution is 2.32. The molecule has 1 aliphatic rings. The summed E-state index contributed by atoms with van der Waals surface area (Å²) in [5.41, 5.74) is -0.0460. The first-order chi connectivity index (χ1) is 12.9. The fourth-order valence-electron chi connectivity index (χ4n) is 3.31. The van der Waals surface area contributed by atoms with Crippen LogP contribution >= 0.6 is 0 Å².